The molecular weight excluding hydrogens is 262 g/mol. The lowest BCUT2D eigenvalue weighted by atomic mass is 9.81. The summed E-state index contributed by atoms with van der Waals surface area (Å²) in [5.74, 6) is 1.37. The van der Waals surface area contributed by atoms with Crippen LogP contribution in [0.3, 0.4) is 0 Å². The van der Waals surface area contributed by atoms with Crippen LogP contribution in [-0.4, -0.2) is 4.98 Å². The Hall–Kier alpha value is -0.760. The molecule has 1 aliphatic rings. The highest BCUT2D eigenvalue weighted by Crippen LogP contribution is 2.42. The van der Waals surface area contributed by atoms with Crippen molar-refractivity contribution in [2.45, 2.75) is 38.5 Å². The predicted octanol–water partition coefficient (Wildman–Crippen LogP) is 4.93. The van der Waals surface area contributed by atoms with Crippen LogP contribution in [0.1, 0.15) is 49.8 Å². The molecule has 1 heterocycles. The zero-order chi connectivity index (χ0) is 11.3. The normalized spacial score (nSPS) is 24.7. The summed E-state index contributed by atoms with van der Waals surface area (Å²) in [6, 6.07) is 6.54. The van der Waals surface area contributed by atoms with Crippen molar-refractivity contribution in [3.8, 4) is 0 Å². The van der Waals surface area contributed by atoms with E-state index in [1.54, 1.807) is 5.56 Å². The molecule has 2 unspecified atom stereocenters. The smallest absolute Gasteiger partial charge is 0.0459 e. The van der Waals surface area contributed by atoms with E-state index in [0.717, 1.165) is 0 Å². The topological polar surface area (TPSA) is 15.8 Å². The van der Waals surface area contributed by atoms with Crippen molar-refractivity contribution < 1.29 is 0 Å². The Morgan fingerprint density at radius 3 is 2.75 bits per heavy atom. The molecule has 2 heteroatoms. The number of nitrogens with one attached hydrogen (secondary N) is 1. The first-order valence-electron chi connectivity index (χ1n) is 5.98. The average molecular weight is 278 g/mol. The lowest BCUT2D eigenvalue weighted by Crippen LogP contribution is -2.09. The molecular formula is C14H16BrN. The molecule has 0 spiro atoms. The molecule has 0 fully saturated rings. The van der Waals surface area contributed by atoms with Crippen molar-refractivity contribution in [2.24, 2.45) is 0 Å². The fourth-order valence-electron chi connectivity index (χ4n) is 2.91. The first-order valence-corrected chi connectivity index (χ1v) is 6.77. The summed E-state index contributed by atoms with van der Waals surface area (Å²) >= 11 is 3.57. The molecule has 1 aromatic heterocycles. The second-order valence-electron chi connectivity index (χ2n) is 5.02. The summed E-state index contributed by atoms with van der Waals surface area (Å²) in [7, 11) is 0. The van der Waals surface area contributed by atoms with Crippen LogP contribution in [0.2, 0.25) is 0 Å². The van der Waals surface area contributed by atoms with Crippen LogP contribution in [0.4, 0.5) is 0 Å². The Labute approximate surface area is 104 Å². The van der Waals surface area contributed by atoms with E-state index in [1.807, 2.05) is 0 Å². The maximum absolute atomic E-state index is 3.60. The second kappa shape index (κ2) is 3.63. The third-order valence-electron chi connectivity index (χ3n) is 3.85. The predicted molar refractivity (Wildman–Crippen MR) is 72.1 cm³/mol. The number of hydrogen-bond acceptors (Lipinski definition) is 0. The summed E-state index contributed by atoms with van der Waals surface area (Å²) in [5.41, 5.74) is 4.30. The van der Waals surface area contributed by atoms with Crippen molar-refractivity contribution >= 4 is 26.8 Å². The summed E-state index contributed by atoms with van der Waals surface area (Å²) in [6.07, 6.45) is 2.62. The zero-order valence-electron chi connectivity index (χ0n) is 9.68. The summed E-state index contributed by atoms with van der Waals surface area (Å²) < 4.78 is 1.17. The Bertz CT molecular complexity index is 541. The van der Waals surface area contributed by atoms with Gasteiger partial charge in [0.05, 0.1) is 0 Å². The summed E-state index contributed by atoms with van der Waals surface area (Å²) in [4.78, 5) is 3.60. The van der Waals surface area contributed by atoms with E-state index >= 15 is 0 Å². The van der Waals surface area contributed by atoms with Crippen LogP contribution >= 0.6 is 15.9 Å². The fourth-order valence-corrected chi connectivity index (χ4v) is 3.28. The van der Waals surface area contributed by atoms with Crippen LogP contribution in [0.25, 0.3) is 10.9 Å². The SMILES string of the molecule is CC1CCC(C)c2c1[nH]c1ccc(Br)cc21. The van der Waals surface area contributed by atoms with Crippen LogP contribution in [0.5, 0.6) is 0 Å². The quantitative estimate of drug-likeness (QED) is 0.703. The number of H-pyrrole nitrogens is 1. The number of aromatic amines is 1. The van der Waals surface area contributed by atoms with E-state index in [4.69, 9.17) is 0 Å². The molecule has 0 saturated carbocycles. The monoisotopic (exact) mass is 277 g/mol. The van der Waals surface area contributed by atoms with Gasteiger partial charge in [0.15, 0.2) is 0 Å². The molecule has 1 nitrogen and oxygen atoms in total. The summed E-state index contributed by atoms with van der Waals surface area (Å²) in [6.45, 7) is 4.67. The van der Waals surface area contributed by atoms with Gasteiger partial charge in [-0.25, -0.2) is 0 Å². The molecule has 3 rings (SSSR count). The van der Waals surface area contributed by atoms with E-state index in [9.17, 15) is 0 Å². The van der Waals surface area contributed by atoms with E-state index < -0.39 is 0 Å². The van der Waals surface area contributed by atoms with E-state index in [2.05, 4.69) is 53.0 Å². The highest BCUT2D eigenvalue weighted by Gasteiger charge is 2.25. The highest BCUT2D eigenvalue weighted by atomic mass is 79.9. The Kier molecular flexibility index (Phi) is 2.36. The van der Waals surface area contributed by atoms with Gasteiger partial charge in [0.1, 0.15) is 0 Å². The minimum Gasteiger partial charge on any atom is -0.358 e. The number of halogens is 1. The first-order chi connectivity index (χ1) is 7.66. The van der Waals surface area contributed by atoms with Gasteiger partial charge in [-0.15, -0.1) is 0 Å². The van der Waals surface area contributed by atoms with Gasteiger partial charge in [-0.3, -0.25) is 0 Å². The molecule has 0 bridgehead atoms. The van der Waals surface area contributed by atoms with Crippen LogP contribution in [0.15, 0.2) is 22.7 Å². The molecule has 0 saturated heterocycles. The molecule has 16 heavy (non-hydrogen) atoms. The van der Waals surface area contributed by atoms with Crippen molar-refractivity contribution in [1.29, 1.82) is 0 Å². The third kappa shape index (κ3) is 1.43. The van der Waals surface area contributed by atoms with Crippen LogP contribution in [0, 0.1) is 0 Å². The highest BCUT2D eigenvalue weighted by molar-refractivity contribution is 9.10. The average Bonchev–Trinajstić information content (AvgIpc) is 2.63. The molecule has 1 aliphatic carbocycles. The third-order valence-corrected chi connectivity index (χ3v) is 4.34. The van der Waals surface area contributed by atoms with Gasteiger partial charge in [-0.05, 0) is 48.4 Å². The van der Waals surface area contributed by atoms with Gasteiger partial charge >= 0.3 is 0 Å². The molecule has 0 radical (unpaired) electrons. The number of rotatable bonds is 0. The maximum atomic E-state index is 3.60. The molecule has 2 atom stereocenters. The minimum absolute atomic E-state index is 0.678. The van der Waals surface area contributed by atoms with Crippen LogP contribution in [-0.2, 0) is 0 Å². The first kappa shape index (κ1) is 10.4. The number of aromatic nitrogens is 1. The Balaban J connectivity index is 2.33. The van der Waals surface area contributed by atoms with Gasteiger partial charge in [0.2, 0.25) is 0 Å². The maximum Gasteiger partial charge on any atom is 0.0459 e. The lowest BCUT2D eigenvalue weighted by Gasteiger charge is -2.24. The summed E-state index contributed by atoms with van der Waals surface area (Å²) in [5, 5.41) is 1.41. The molecule has 1 N–H and O–H groups in total. The lowest BCUT2D eigenvalue weighted by molar-refractivity contribution is 0.523. The Morgan fingerprint density at radius 1 is 1.19 bits per heavy atom. The van der Waals surface area contributed by atoms with Crippen molar-refractivity contribution in [1.82, 2.24) is 4.98 Å². The number of fused-ring (bicyclic) bond motifs is 3. The largest absolute Gasteiger partial charge is 0.358 e. The zero-order valence-corrected chi connectivity index (χ0v) is 11.3. The van der Waals surface area contributed by atoms with Gasteiger partial charge in [-0.1, -0.05) is 29.8 Å². The van der Waals surface area contributed by atoms with Gasteiger partial charge in [0.25, 0.3) is 0 Å². The second-order valence-corrected chi connectivity index (χ2v) is 5.94. The molecule has 2 aromatic rings. The molecule has 0 aliphatic heterocycles. The van der Waals surface area contributed by atoms with E-state index in [0.29, 0.717) is 11.8 Å². The number of hydrogen-bond donors (Lipinski definition) is 1. The molecule has 84 valence electrons. The van der Waals surface area contributed by atoms with Gasteiger partial charge in [0, 0.05) is 21.1 Å². The van der Waals surface area contributed by atoms with Crippen molar-refractivity contribution in [3.05, 3.63) is 33.9 Å². The number of benzene rings is 1. The van der Waals surface area contributed by atoms with Gasteiger partial charge < -0.3 is 4.98 Å². The minimum atomic E-state index is 0.678. The molecule has 1 aromatic carbocycles. The van der Waals surface area contributed by atoms with Gasteiger partial charge in [-0.2, -0.15) is 0 Å². The van der Waals surface area contributed by atoms with Crippen molar-refractivity contribution in [3.63, 3.8) is 0 Å². The van der Waals surface area contributed by atoms with Crippen LogP contribution < -0.4 is 0 Å². The fraction of sp³-hybridized carbons (Fsp3) is 0.429. The molecule has 0 amide bonds. The Morgan fingerprint density at radius 2 is 1.94 bits per heavy atom. The van der Waals surface area contributed by atoms with E-state index in [1.165, 1.54) is 33.9 Å². The van der Waals surface area contributed by atoms with E-state index in [-0.39, 0.29) is 0 Å². The van der Waals surface area contributed by atoms with Crippen molar-refractivity contribution in [2.75, 3.05) is 0 Å². The standard InChI is InChI=1S/C14H16BrN/c1-8-3-4-9(2)14-13(8)11-7-10(15)5-6-12(11)16-14/h5-9,16H,3-4H2,1-2H3.